The highest BCUT2D eigenvalue weighted by molar-refractivity contribution is 9.10. The van der Waals surface area contributed by atoms with Crippen LogP contribution in [0, 0.1) is 5.92 Å². The number of anilines is 2. The zero-order chi connectivity index (χ0) is 24.0. The standard InChI is InChI=1S/C23H24BrN5O3S/c1-13(2)21(31)26-18-6-4-5-15(11-18)14(3)28-29-23-27-22(32)19(33-23)12-20(30)25-17-9-7-16(24)8-10-17/h4-11,13,19H,12H2,1-3H3,(H,25,30)(H,26,31)(H,27,29,32). The van der Waals surface area contributed by atoms with Crippen LogP contribution in [0.4, 0.5) is 11.4 Å². The van der Waals surface area contributed by atoms with Crippen molar-refractivity contribution in [2.75, 3.05) is 10.6 Å². The van der Waals surface area contributed by atoms with Gasteiger partial charge in [0.05, 0.1) is 5.71 Å². The molecule has 0 saturated carbocycles. The SMILES string of the molecule is CC(=N/N=C1\NC(=O)C(CC(=O)Nc2ccc(Br)cc2)S1)c1cccc(NC(=O)C(C)C)c1. The van der Waals surface area contributed by atoms with Gasteiger partial charge in [0.25, 0.3) is 0 Å². The van der Waals surface area contributed by atoms with E-state index in [0.29, 0.717) is 22.3 Å². The molecular formula is C23H24BrN5O3S. The highest BCUT2D eigenvalue weighted by Gasteiger charge is 2.32. The van der Waals surface area contributed by atoms with Crippen LogP contribution in [0.1, 0.15) is 32.8 Å². The summed E-state index contributed by atoms with van der Waals surface area (Å²) < 4.78 is 0.912. The molecule has 2 aromatic carbocycles. The molecule has 0 bridgehead atoms. The molecule has 1 aliphatic rings. The van der Waals surface area contributed by atoms with Crippen LogP contribution >= 0.6 is 27.7 Å². The molecule has 0 radical (unpaired) electrons. The number of carbonyl (C=O) groups is 3. The topological polar surface area (TPSA) is 112 Å². The van der Waals surface area contributed by atoms with Gasteiger partial charge in [-0.1, -0.05) is 53.7 Å². The van der Waals surface area contributed by atoms with Gasteiger partial charge in [-0.15, -0.1) is 5.10 Å². The number of thioether (sulfide) groups is 1. The maximum Gasteiger partial charge on any atom is 0.240 e. The first-order valence-electron chi connectivity index (χ1n) is 10.3. The van der Waals surface area contributed by atoms with Gasteiger partial charge in [-0.25, -0.2) is 0 Å². The largest absolute Gasteiger partial charge is 0.326 e. The zero-order valence-corrected chi connectivity index (χ0v) is 20.8. The Balaban J connectivity index is 1.60. The minimum Gasteiger partial charge on any atom is -0.326 e. The van der Waals surface area contributed by atoms with Crippen LogP contribution < -0.4 is 16.0 Å². The lowest BCUT2D eigenvalue weighted by atomic mass is 10.1. The van der Waals surface area contributed by atoms with Gasteiger partial charge in [0, 0.05) is 28.2 Å². The molecule has 1 saturated heterocycles. The van der Waals surface area contributed by atoms with E-state index in [1.54, 1.807) is 25.1 Å². The number of nitrogens with zero attached hydrogens (tertiary/aromatic N) is 2. The molecule has 0 spiro atoms. The van der Waals surface area contributed by atoms with Gasteiger partial charge in [-0.2, -0.15) is 5.10 Å². The molecule has 0 aromatic heterocycles. The van der Waals surface area contributed by atoms with Crippen molar-refractivity contribution < 1.29 is 14.4 Å². The van der Waals surface area contributed by atoms with E-state index >= 15 is 0 Å². The molecule has 33 heavy (non-hydrogen) atoms. The molecule has 1 atom stereocenters. The number of carbonyl (C=O) groups excluding carboxylic acids is 3. The van der Waals surface area contributed by atoms with Crippen LogP contribution in [0.5, 0.6) is 0 Å². The number of hydrogen-bond donors (Lipinski definition) is 3. The van der Waals surface area contributed by atoms with Crippen molar-refractivity contribution in [1.29, 1.82) is 0 Å². The maximum absolute atomic E-state index is 12.3. The summed E-state index contributed by atoms with van der Waals surface area (Å²) in [5.41, 5.74) is 2.75. The van der Waals surface area contributed by atoms with Crippen LogP contribution in [-0.4, -0.2) is 33.9 Å². The second-order valence-corrected chi connectivity index (χ2v) is 9.78. The highest BCUT2D eigenvalue weighted by atomic mass is 79.9. The number of halogens is 1. The number of rotatable bonds is 7. The molecule has 3 rings (SSSR count). The Morgan fingerprint density at radius 1 is 1.12 bits per heavy atom. The molecule has 2 aromatic rings. The third kappa shape index (κ3) is 7.26. The van der Waals surface area contributed by atoms with Gasteiger partial charge in [-0.3, -0.25) is 14.4 Å². The molecule has 0 aliphatic carbocycles. The van der Waals surface area contributed by atoms with Gasteiger partial charge in [-0.05, 0) is 48.9 Å². The molecule has 8 nitrogen and oxygen atoms in total. The van der Waals surface area contributed by atoms with Crippen molar-refractivity contribution in [3.63, 3.8) is 0 Å². The summed E-state index contributed by atoms with van der Waals surface area (Å²) in [5, 5.41) is 16.4. The summed E-state index contributed by atoms with van der Waals surface area (Å²) in [4.78, 5) is 36.5. The summed E-state index contributed by atoms with van der Waals surface area (Å²) in [7, 11) is 0. The van der Waals surface area contributed by atoms with E-state index in [1.807, 2.05) is 44.2 Å². The average molecular weight is 530 g/mol. The molecule has 10 heteroatoms. The van der Waals surface area contributed by atoms with E-state index in [1.165, 1.54) is 11.8 Å². The quantitative estimate of drug-likeness (QED) is 0.364. The summed E-state index contributed by atoms with van der Waals surface area (Å²) in [6.45, 7) is 5.44. The Morgan fingerprint density at radius 2 is 1.85 bits per heavy atom. The van der Waals surface area contributed by atoms with Gasteiger partial charge in [0.1, 0.15) is 5.25 Å². The van der Waals surface area contributed by atoms with Crippen molar-refractivity contribution in [2.24, 2.45) is 16.1 Å². The number of amidine groups is 1. The molecule has 1 unspecified atom stereocenters. The Morgan fingerprint density at radius 3 is 2.55 bits per heavy atom. The average Bonchev–Trinajstić information content (AvgIpc) is 3.12. The smallest absolute Gasteiger partial charge is 0.240 e. The zero-order valence-electron chi connectivity index (χ0n) is 18.4. The number of amides is 3. The molecular weight excluding hydrogens is 506 g/mol. The van der Waals surface area contributed by atoms with Gasteiger partial charge < -0.3 is 16.0 Å². The van der Waals surface area contributed by atoms with Crippen LogP contribution in [-0.2, 0) is 14.4 Å². The lowest BCUT2D eigenvalue weighted by Crippen LogP contribution is -2.28. The van der Waals surface area contributed by atoms with Crippen molar-refractivity contribution in [1.82, 2.24) is 5.32 Å². The number of benzene rings is 2. The summed E-state index contributed by atoms with van der Waals surface area (Å²) >= 11 is 4.51. The van der Waals surface area contributed by atoms with E-state index in [4.69, 9.17) is 0 Å². The van der Waals surface area contributed by atoms with Crippen LogP contribution in [0.15, 0.2) is 63.2 Å². The Labute approximate surface area is 204 Å². The predicted octanol–water partition coefficient (Wildman–Crippen LogP) is 4.38. The third-order valence-electron chi connectivity index (χ3n) is 4.64. The fourth-order valence-electron chi connectivity index (χ4n) is 2.79. The first-order chi connectivity index (χ1) is 15.7. The highest BCUT2D eigenvalue weighted by Crippen LogP contribution is 2.24. The van der Waals surface area contributed by atoms with Crippen molar-refractivity contribution in [3.8, 4) is 0 Å². The van der Waals surface area contributed by atoms with E-state index in [0.717, 1.165) is 10.0 Å². The Bertz CT molecular complexity index is 1120. The molecule has 1 heterocycles. The van der Waals surface area contributed by atoms with E-state index in [2.05, 4.69) is 42.1 Å². The third-order valence-corrected chi connectivity index (χ3v) is 6.24. The predicted molar refractivity (Wildman–Crippen MR) is 136 cm³/mol. The molecule has 172 valence electrons. The van der Waals surface area contributed by atoms with Crippen LogP contribution in [0.25, 0.3) is 0 Å². The minimum absolute atomic E-state index is 0.0197. The molecule has 1 aliphatic heterocycles. The summed E-state index contributed by atoms with van der Waals surface area (Å²) in [6, 6.07) is 14.5. The lowest BCUT2D eigenvalue weighted by molar-refractivity contribution is -0.122. The van der Waals surface area contributed by atoms with Gasteiger partial charge in [0.15, 0.2) is 5.17 Å². The minimum atomic E-state index is -0.579. The van der Waals surface area contributed by atoms with E-state index in [-0.39, 0.29) is 30.1 Å². The van der Waals surface area contributed by atoms with E-state index in [9.17, 15) is 14.4 Å². The number of nitrogens with one attached hydrogen (secondary N) is 3. The van der Waals surface area contributed by atoms with Crippen molar-refractivity contribution in [2.45, 2.75) is 32.4 Å². The van der Waals surface area contributed by atoms with E-state index < -0.39 is 5.25 Å². The van der Waals surface area contributed by atoms with Gasteiger partial charge >= 0.3 is 0 Å². The first kappa shape index (κ1) is 24.7. The second kappa shape index (κ2) is 11.2. The molecule has 3 N–H and O–H groups in total. The molecule has 1 fully saturated rings. The van der Waals surface area contributed by atoms with Gasteiger partial charge in [0.2, 0.25) is 17.7 Å². The second-order valence-electron chi connectivity index (χ2n) is 7.67. The Hall–Kier alpha value is -2.98. The Kier molecular flexibility index (Phi) is 8.40. The summed E-state index contributed by atoms with van der Waals surface area (Å²) in [6.07, 6.45) is 0.0197. The normalized spacial score (nSPS) is 17.2. The van der Waals surface area contributed by atoms with Crippen LogP contribution in [0.2, 0.25) is 0 Å². The van der Waals surface area contributed by atoms with Crippen LogP contribution in [0.3, 0.4) is 0 Å². The maximum atomic E-state index is 12.3. The first-order valence-corrected chi connectivity index (χ1v) is 11.9. The number of hydrogen-bond acceptors (Lipinski definition) is 6. The summed E-state index contributed by atoms with van der Waals surface area (Å²) in [5.74, 6) is -0.730. The van der Waals surface area contributed by atoms with Crippen molar-refractivity contribution >= 4 is 67.7 Å². The lowest BCUT2D eigenvalue weighted by Gasteiger charge is -2.09. The monoisotopic (exact) mass is 529 g/mol. The fourth-order valence-corrected chi connectivity index (χ4v) is 3.97. The molecule has 3 amide bonds. The fraction of sp³-hybridized carbons (Fsp3) is 0.261. The van der Waals surface area contributed by atoms with Crippen molar-refractivity contribution in [3.05, 3.63) is 58.6 Å².